The van der Waals surface area contributed by atoms with Crippen LogP contribution in [0.15, 0.2) is 40.4 Å². The molecule has 1 N–H and O–H groups in total. The normalized spacial score (nSPS) is 21.4. The molecule has 1 aromatic heterocycles. The predicted octanol–water partition coefficient (Wildman–Crippen LogP) is 4.32. The zero-order chi connectivity index (χ0) is 18.8. The second-order valence-corrected chi connectivity index (χ2v) is 8.16. The number of nitrogens with one attached hydrogen (secondary N) is 1. The van der Waals surface area contributed by atoms with Gasteiger partial charge in [-0.05, 0) is 51.3 Å². The van der Waals surface area contributed by atoms with E-state index in [4.69, 9.17) is 9.73 Å². The van der Waals surface area contributed by atoms with Crippen LogP contribution >= 0.6 is 11.8 Å². The zero-order valence-electron chi connectivity index (χ0n) is 16.2. The number of rotatable bonds is 4. The van der Waals surface area contributed by atoms with Crippen LogP contribution in [0, 0.1) is 20.8 Å². The molecule has 0 aliphatic carbocycles. The average Bonchev–Trinajstić information content (AvgIpc) is 3.28. The highest BCUT2D eigenvalue weighted by molar-refractivity contribution is 8.14. The molecular formula is C21H26N4OS. The van der Waals surface area contributed by atoms with E-state index in [2.05, 4.69) is 48.0 Å². The second kappa shape index (κ2) is 7.90. The monoisotopic (exact) mass is 382 g/mol. The van der Waals surface area contributed by atoms with Gasteiger partial charge in [-0.2, -0.15) is 5.10 Å². The number of aryl methyl sites for hydroxylation is 2. The summed E-state index contributed by atoms with van der Waals surface area (Å²) in [4.78, 5) is 4.70. The lowest BCUT2D eigenvalue weighted by atomic mass is 10.1. The highest BCUT2D eigenvalue weighted by atomic mass is 32.2. The van der Waals surface area contributed by atoms with E-state index in [9.17, 15) is 0 Å². The number of aliphatic imine (C=N–C) groups is 1. The van der Waals surface area contributed by atoms with Crippen LogP contribution in [0.25, 0.3) is 0 Å². The molecule has 1 aromatic carbocycles. The Kier molecular flexibility index (Phi) is 5.36. The van der Waals surface area contributed by atoms with Gasteiger partial charge in [-0.1, -0.05) is 30.0 Å². The average molecular weight is 383 g/mol. The van der Waals surface area contributed by atoms with Gasteiger partial charge in [0.15, 0.2) is 5.17 Å². The number of para-hydroxylation sites is 1. The molecule has 0 saturated carbocycles. The quantitative estimate of drug-likeness (QED) is 0.857. The van der Waals surface area contributed by atoms with E-state index in [1.807, 2.05) is 18.2 Å². The van der Waals surface area contributed by atoms with Gasteiger partial charge in [-0.3, -0.25) is 5.43 Å². The SMILES string of the molecule is Cc1ccccc1N=C1NN=C(c2cc(C)n(CC3CCCO3)c2C)CS1. The number of benzene rings is 1. The van der Waals surface area contributed by atoms with Gasteiger partial charge in [0.25, 0.3) is 0 Å². The minimum absolute atomic E-state index is 0.344. The molecule has 1 atom stereocenters. The molecule has 0 bridgehead atoms. The molecule has 0 radical (unpaired) electrons. The van der Waals surface area contributed by atoms with Gasteiger partial charge in [0.05, 0.1) is 17.5 Å². The molecule has 3 heterocycles. The molecule has 1 saturated heterocycles. The first-order valence-electron chi connectivity index (χ1n) is 9.50. The van der Waals surface area contributed by atoms with E-state index in [0.29, 0.717) is 6.10 Å². The number of ether oxygens (including phenoxy) is 1. The van der Waals surface area contributed by atoms with Crippen molar-refractivity contribution in [2.75, 3.05) is 12.4 Å². The molecule has 2 aliphatic heterocycles. The van der Waals surface area contributed by atoms with E-state index in [1.54, 1.807) is 11.8 Å². The van der Waals surface area contributed by atoms with Crippen LogP contribution in [0.2, 0.25) is 0 Å². The topological polar surface area (TPSA) is 50.9 Å². The maximum atomic E-state index is 5.82. The van der Waals surface area contributed by atoms with Crippen molar-refractivity contribution in [3.05, 3.63) is 52.8 Å². The zero-order valence-corrected chi connectivity index (χ0v) is 17.0. The number of aromatic nitrogens is 1. The number of nitrogens with zero attached hydrogens (tertiary/aromatic N) is 3. The third-order valence-electron chi connectivity index (χ3n) is 5.26. The van der Waals surface area contributed by atoms with Crippen LogP contribution in [0.5, 0.6) is 0 Å². The van der Waals surface area contributed by atoms with Crippen LogP contribution in [-0.2, 0) is 11.3 Å². The molecule has 0 spiro atoms. The lowest BCUT2D eigenvalue weighted by molar-refractivity contribution is 0.0962. The fraction of sp³-hybridized carbons (Fsp3) is 0.429. The summed E-state index contributed by atoms with van der Waals surface area (Å²) in [6, 6.07) is 10.4. The van der Waals surface area contributed by atoms with Gasteiger partial charge in [-0.15, -0.1) is 0 Å². The lowest BCUT2D eigenvalue weighted by Crippen LogP contribution is -2.25. The summed E-state index contributed by atoms with van der Waals surface area (Å²) < 4.78 is 8.19. The van der Waals surface area contributed by atoms with E-state index in [-0.39, 0.29) is 0 Å². The summed E-state index contributed by atoms with van der Waals surface area (Å²) in [5.74, 6) is 0.821. The van der Waals surface area contributed by atoms with Gasteiger partial charge in [0, 0.05) is 35.9 Å². The first-order chi connectivity index (χ1) is 13.1. The maximum absolute atomic E-state index is 5.82. The van der Waals surface area contributed by atoms with Crippen LogP contribution < -0.4 is 5.43 Å². The summed E-state index contributed by atoms with van der Waals surface area (Å²) in [5.41, 5.74) is 10.1. The molecule has 2 aromatic rings. The Balaban J connectivity index is 1.52. The minimum atomic E-state index is 0.344. The van der Waals surface area contributed by atoms with Crippen molar-refractivity contribution in [3.8, 4) is 0 Å². The summed E-state index contributed by atoms with van der Waals surface area (Å²) in [7, 11) is 0. The predicted molar refractivity (Wildman–Crippen MR) is 113 cm³/mol. The standard InChI is InChI=1S/C21H26N4OS/c1-14-7-4-5-9-19(14)22-21-24-23-20(13-27-21)18-11-15(2)25(16(18)3)12-17-8-6-10-26-17/h4-5,7,9,11,17H,6,8,10,12-13H2,1-3H3,(H,22,24). The number of amidine groups is 1. The van der Waals surface area contributed by atoms with Crippen molar-refractivity contribution in [2.45, 2.75) is 46.3 Å². The Morgan fingerprint density at radius 1 is 1.30 bits per heavy atom. The Hall–Kier alpha value is -2.05. The third kappa shape index (κ3) is 3.96. The molecule has 6 heteroatoms. The van der Waals surface area contributed by atoms with Crippen molar-refractivity contribution >= 4 is 28.3 Å². The molecular weight excluding hydrogens is 356 g/mol. The Labute approximate surface area is 164 Å². The van der Waals surface area contributed by atoms with Gasteiger partial charge in [0.2, 0.25) is 0 Å². The maximum Gasteiger partial charge on any atom is 0.182 e. The van der Waals surface area contributed by atoms with E-state index in [1.165, 1.54) is 28.9 Å². The van der Waals surface area contributed by atoms with Crippen molar-refractivity contribution < 1.29 is 4.74 Å². The van der Waals surface area contributed by atoms with E-state index >= 15 is 0 Å². The Bertz CT molecular complexity index is 894. The Morgan fingerprint density at radius 2 is 2.15 bits per heavy atom. The van der Waals surface area contributed by atoms with Crippen molar-refractivity contribution in [1.29, 1.82) is 0 Å². The molecule has 4 rings (SSSR count). The molecule has 142 valence electrons. The second-order valence-electron chi connectivity index (χ2n) is 7.19. The first kappa shape index (κ1) is 18.3. The van der Waals surface area contributed by atoms with Crippen LogP contribution in [0.3, 0.4) is 0 Å². The van der Waals surface area contributed by atoms with Gasteiger partial charge in [-0.25, -0.2) is 4.99 Å². The molecule has 1 fully saturated rings. The summed E-state index contributed by atoms with van der Waals surface area (Å²) in [6.07, 6.45) is 2.67. The molecule has 0 amide bonds. The number of hydrazone groups is 1. The third-order valence-corrected chi connectivity index (χ3v) is 6.14. The van der Waals surface area contributed by atoms with Gasteiger partial charge >= 0.3 is 0 Å². The smallest absolute Gasteiger partial charge is 0.182 e. The van der Waals surface area contributed by atoms with Crippen LogP contribution in [0.1, 0.15) is 35.4 Å². The highest BCUT2D eigenvalue weighted by Crippen LogP contribution is 2.25. The fourth-order valence-corrected chi connectivity index (χ4v) is 4.44. The highest BCUT2D eigenvalue weighted by Gasteiger charge is 2.22. The Morgan fingerprint density at radius 3 is 2.85 bits per heavy atom. The van der Waals surface area contributed by atoms with Crippen molar-refractivity contribution in [3.63, 3.8) is 0 Å². The molecule has 5 nitrogen and oxygen atoms in total. The number of hydrogen-bond acceptors (Lipinski definition) is 4. The van der Waals surface area contributed by atoms with Crippen molar-refractivity contribution in [1.82, 2.24) is 9.99 Å². The van der Waals surface area contributed by atoms with E-state index < -0.39 is 0 Å². The molecule has 1 unspecified atom stereocenters. The van der Waals surface area contributed by atoms with Gasteiger partial charge < -0.3 is 9.30 Å². The molecule has 27 heavy (non-hydrogen) atoms. The van der Waals surface area contributed by atoms with Crippen molar-refractivity contribution in [2.24, 2.45) is 10.1 Å². The van der Waals surface area contributed by atoms with Crippen LogP contribution in [-0.4, -0.2) is 33.9 Å². The lowest BCUT2D eigenvalue weighted by Gasteiger charge is -2.17. The fourth-order valence-electron chi connectivity index (χ4n) is 3.68. The minimum Gasteiger partial charge on any atom is -0.376 e. The molecule has 2 aliphatic rings. The summed E-state index contributed by atoms with van der Waals surface area (Å²) >= 11 is 1.70. The first-order valence-corrected chi connectivity index (χ1v) is 10.5. The van der Waals surface area contributed by atoms with Gasteiger partial charge in [0.1, 0.15) is 0 Å². The van der Waals surface area contributed by atoms with E-state index in [0.717, 1.165) is 41.9 Å². The van der Waals surface area contributed by atoms with Crippen LogP contribution in [0.4, 0.5) is 5.69 Å². The summed E-state index contributed by atoms with van der Waals surface area (Å²) in [5, 5.41) is 5.47. The largest absolute Gasteiger partial charge is 0.376 e. The number of hydrogen-bond donors (Lipinski definition) is 1. The summed E-state index contributed by atoms with van der Waals surface area (Å²) in [6.45, 7) is 8.26. The number of thioether (sulfide) groups is 1.